The van der Waals surface area contributed by atoms with Gasteiger partial charge in [-0.1, -0.05) is 72.6 Å². The van der Waals surface area contributed by atoms with Gasteiger partial charge >= 0.3 is 11.9 Å². The molecule has 0 aromatic rings. The highest BCUT2D eigenvalue weighted by Crippen LogP contribution is 2.33. The lowest BCUT2D eigenvalue weighted by atomic mass is 9.77. The third-order valence-corrected chi connectivity index (χ3v) is 6.02. The van der Waals surface area contributed by atoms with Crippen LogP contribution in [0, 0.1) is 23.2 Å². The van der Waals surface area contributed by atoms with E-state index in [2.05, 4.69) is 27.7 Å². The van der Waals surface area contributed by atoms with E-state index in [4.69, 9.17) is 9.84 Å². The van der Waals surface area contributed by atoms with Crippen LogP contribution in [-0.4, -0.2) is 23.7 Å². The molecule has 0 bridgehead atoms. The molecule has 0 aromatic carbocycles. The molecule has 146 valence electrons. The van der Waals surface area contributed by atoms with Crippen molar-refractivity contribution in [2.45, 2.75) is 91.9 Å². The fourth-order valence-electron chi connectivity index (χ4n) is 3.59. The molecular weight excluding hydrogens is 316 g/mol. The largest absolute Gasteiger partial charge is 0.481 e. The minimum Gasteiger partial charge on any atom is -0.481 e. The SMILES string of the molecule is CCCCCCCC(C)C(C)(C)COC(=O)C1CCCC(C(=O)O)C1. The van der Waals surface area contributed by atoms with Crippen LogP contribution in [0.5, 0.6) is 0 Å². The molecule has 1 fully saturated rings. The van der Waals surface area contributed by atoms with Gasteiger partial charge in [0.25, 0.3) is 0 Å². The number of unbranched alkanes of at least 4 members (excludes halogenated alkanes) is 4. The highest BCUT2D eigenvalue weighted by molar-refractivity contribution is 5.75. The summed E-state index contributed by atoms with van der Waals surface area (Å²) in [6.07, 6.45) is 10.2. The fraction of sp³-hybridized carbons (Fsp3) is 0.905. The number of esters is 1. The smallest absolute Gasteiger partial charge is 0.308 e. The zero-order valence-corrected chi connectivity index (χ0v) is 16.7. The van der Waals surface area contributed by atoms with E-state index in [9.17, 15) is 9.59 Å². The Morgan fingerprint density at radius 2 is 1.76 bits per heavy atom. The van der Waals surface area contributed by atoms with Gasteiger partial charge < -0.3 is 9.84 Å². The summed E-state index contributed by atoms with van der Waals surface area (Å²) >= 11 is 0. The van der Waals surface area contributed by atoms with Crippen molar-refractivity contribution in [3.05, 3.63) is 0 Å². The van der Waals surface area contributed by atoms with Gasteiger partial charge in [-0.05, 0) is 25.2 Å². The van der Waals surface area contributed by atoms with Crippen molar-refractivity contribution in [2.75, 3.05) is 6.61 Å². The van der Waals surface area contributed by atoms with E-state index in [0.29, 0.717) is 25.4 Å². The van der Waals surface area contributed by atoms with Gasteiger partial charge in [-0.2, -0.15) is 0 Å². The number of ether oxygens (including phenoxy) is 1. The Labute approximate surface area is 153 Å². The van der Waals surface area contributed by atoms with Gasteiger partial charge in [0.05, 0.1) is 18.4 Å². The van der Waals surface area contributed by atoms with Gasteiger partial charge in [0.2, 0.25) is 0 Å². The second-order valence-electron chi connectivity index (χ2n) is 8.60. The average molecular weight is 355 g/mol. The predicted octanol–water partition coefficient (Wildman–Crippen LogP) is 5.44. The maximum absolute atomic E-state index is 12.4. The Kier molecular flexibility index (Phi) is 9.52. The fourth-order valence-corrected chi connectivity index (χ4v) is 3.59. The minimum absolute atomic E-state index is 0.0404. The average Bonchev–Trinajstić information content (AvgIpc) is 2.59. The standard InChI is InChI=1S/C21H38O4/c1-5-6-7-8-9-11-16(2)21(3,4)15-25-20(24)18-13-10-12-17(14-18)19(22)23/h16-18H,5-15H2,1-4H3,(H,22,23). The zero-order valence-electron chi connectivity index (χ0n) is 16.7. The number of rotatable bonds is 11. The Bertz CT molecular complexity index is 416. The summed E-state index contributed by atoms with van der Waals surface area (Å²) in [5.74, 6) is -1.11. The Balaban J connectivity index is 2.35. The van der Waals surface area contributed by atoms with Crippen molar-refractivity contribution in [1.82, 2.24) is 0 Å². The Morgan fingerprint density at radius 3 is 2.40 bits per heavy atom. The number of carboxylic acids is 1. The molecule has 1 aliphatic rings. The molecule has 1 aliphatic carbocycles. The van der Waals surface area contributed by atoms with E-state index in [1.165, 1.54) is 38.5 Å². The second-order valence-corrected chi connectivity index (χ2v) is 8.60. The topological polar surface area (TPSA) is 63.6 Å². The van der Waals surface area contributed by atoms with E-state index in [-0.39, 0.29) is 23.2 Å². The highest BCUT2D eigenvalue weighted by atomic mass is 16.5. The number of carbonyl (C=O) groups is 2. The first-order chi connectivity index (χ1) is 11.8. The third-order valence-electron chi connectivity index (χ3n) is 6.02. The molecule has 25 heavy (non-hydrogen) atoms. The van der Waals surface area contributed by atoms with Crippen molar-refractivity contribution < 1.29 is 19.4 Å². The van der Waals surface area contributed by atoms with E-state index in [1.807, 2.05) is 0 Å². The van der Waals surface area contributed by atoms with Crippen LogP contribution < -0.4 is 0 Å². The number of carboxylic acid groups (broad SMARTS) is 1. The van der Waals surface area contributed by atoms with Crippen molar-refractivity contribution in [1.29, 1.82) is 0 Å². The molecule has 0 aliphatic heterocycles. The van der Waals surface area contributed by atoms with Crippen LogP contribution >= 0.6 is 0 Å². The molecule has 0 aromatic heterocycles. The first kappa shape index (κ1) is 22.0. The quantitative estimate of drug-likeness (QED) is 0.396. The van der Waals surface area contributed by atoms with Gasteiger partial charge in [0, 0.05) is 5.41 Å². The summed E-state index contributed by atoms with van der Waals surface area (Å²) in [5, 5.41) is 9.15. The van der Waals surface area contributed by atoms with E-state index in [1.54, 1.807) is 0 Å². The van der Waals surface area contributed by atoms with Crippen LogP contribution in [0.15, 0.2) is 0 Å². The molecular formula is C21H38O4. The molecule has 3 atom stereocenters. The van der Waals surface area contributed by atoms with E-state index in [0.717, 1.165) is 12.8 Å². The maximum atomic E-state index is 12.4. The molecule has 0 amide bonds. The third kappa shape index (κ3) is 7.79. The van der Waals surface area contributed by atoms with E-state index < -0.39 is 5.97 Å². The normalized spacial score (nSPS) is 22.4. The predicted molar refractivity (Wildman–Crippen MR) is 100 cm³/mol. The first-order valence-corrected chi connectivity index (χ1v) is 10.2. The lowest BCUT2D eigenvalue weighted by molar-refractivity contribution is -0.156. The summed E-state index contributed by atoms with van der Waals surface area (Å²) in [5.41, 5.74) is -0.0404. The van der Waals surface area contributed by atoms with Crippen molar-refractivity contribution in [2.24, 2.45) is 23.2 Å². The van der Waals surface area contributed by atoms with Crippen molar-refractivity contribution in [3.8, 4) is 0 Å². The molecule has 0 spiro atoms. The Morgan fingerprint density at radius 1 is 1.12 bits per heavy atom. The number of aliphatic carboxylic acids is 1. The monoisotopic (exact) mass is 354 g/mol. The molecule has 4 heteroatoms. The van der Waals surface area contributed by atoms with Crippen LogP contribution in [0.2, 0.25) is 0 Å². The number of carbonyl (C=O) groups excluding carboxylic acids is 1. The van der Waals surface area contributed by atoms with Crippen LogP contribution in [-0.2, 0) is 14.3 Å². The van der Waals surface area contributed by atoms with Crippen LogP contribution in [0.1, 0.15) is 91.9 Å². The van der Waals surface area contributed by atoms with Gasteiger partial charge in [-0.3, -0.25) is 9.59 Å². The van der Waals surface area contributed by atoms with Crippen LogP contribution in [0.4, 0.5) is 0 Å². The highest BCUT2D eigenvalue weighted by Gasteiger charge is 2.33. The van der Waals surface area contributed by atoms with Crippen molar-refractivity contribution in [3.63, 3.8) is 0 Å². The first-order valence-electron chi connectivity index (χ1n) is 10.2. The van der Waals surface area contributed by atoms with Crippen LogP contribution in [0.25, 0.3) is 0 Å². The zero-order chi connectivity index (χ0) is 18.9. The maximum Gasteiger partial charge on any atom is 0.308 e. The second kappa shape index (κ2) is 10.8. The van der Waals surface area contributed by atoms with E-state index >= 15 is 0 Å². The van der Waals surface area contributed by atoms with Gasteiger partial charge in [0.15, 0.2) is 0 Å². The summed E-state index contributed by atoms with van der Waals surface area (Å²) in [7, 11) is 0. The molecule has 1 saturated carbocycles. The number of hydrogen-bond donors (Lipinski definition) is 1. The van der Waals surface area contributed by atoms with Gasteiger partial charge in [-0.25, -0.2) is 0 Å². The molecule has 3 unspecified atom stereocenters. The summed E-state index contributed by atoms with van der Waals surface area (Å²) in [4.78, 5) is 23.5. The van der Waals surface area contributed by atoms with Gasteiger partial charge in [0.1, 0.15) is 0 Å². The molecule has 0 heterocycles. The molecule has 0 radical (unpaired) electrons. The van der Waals surface area contributed by atoms with Crippen molar-refractivity contribution >= 4 is 11.9 Å². The van der Waals surface area contributed by atoms with Crippen LogP contribution in [0.3, 0.4) is 0 Å². The minimum atomic E-state index is -0.783. The van der Waals surface area contributed by atoms with Gasteiger partial charge in [-0.15, -0.1) is 0 Å². The molecule has 1 N–H and O–H groups in total. The molecule has 1 rings (SSSR count). The molecule has 0 saturated heterocycles. The number of hydrogen-bond acceptors (Lipinski definition) is 3. The summed E-state index contributed by atoms with van der Waals surface area (Å²) in [6, 6.07) is 0. The molecule has 4 nitrogen and oxygen atoms in total. The lowest BCUT2D eigenvalue weighted by Gasteiger charge is -2.32. The Hall–Kier alpha value is -1.06. The summed E-state index contributed by atoms with van der Waals surface area (Å²) in [6.45, 7) is 9.23. The lowest BCUT2D eigenvalue weighted by Crippen LogP contribution is -2.33. The summed E-state index contributed by atoms with van der Waals surface area (Å²) < 4.78 is 5.61.